The van der Waals surface area contributed by atoms with Crippen molar-refractivity contribution in [1.82, 2.24) is 0 Å². The summed E-state index contributed by atoms with van der Waals surface area (Å²) in [5.74, 6) is 0. The van der Waals surface area contributed by atoms with Gasteiger partial charge in [-0.25, -0.2) is 0 Å². The van der Waals surface area contributed by atoms with Crippen LogP contribution in [0.5, 0.6) is 0 Å². The maximum atomic E-state index is 2.42. The van der Waals surface area contributed by atoms with Gasteiger partial charge in [-0.3, -0.25) is 0 Å². The number of benzene rings is 1. The highest BCUT2D eigenvalue weighted by atomic mass is 14.3. The van der Waals surface area contributed by atoms with Gasteiger partial charge in [-0.2, -0.15) is 0 Å². The third kappa shape index (κ3) is 2.85. The van der Waals surface area contributed by atoms with Gasteiger partial charge in [-0.15, -0.1) is 0 Å². The molecule has 0 saturated carbocycles. The summed E-state index contributed by atoms with van der Waals surface area (Å²) in [7, 11) is 0. The smallest absolute Gasteiger partial charge is 0.00854 e. The van der Waals surface area contributed by atoms with Crippen LogP contribution in [0.3, 0.4) is 0 Å². The number of rotatable bonds is 1. The Hall–Kier alpha value is -1.04. The Bertz CT molecular complexity index is 476. The Kier molecular flexibility index (Phi) is 3.17. The lowest BCUT2D eigenvalue weighted by Crippen LogP contribution is -2.12. The van der Waals surface area contributed by atoms with Gasteiger partial charge in [0.05, 0.1) is 0 Å². The third-order valence-corrected chi connectivity index (χ3v) is 3.61. The predicted octanol–water partition coefficient (Wildman–Crippen LogP) is 5.36. The number of fused-ring (bicyclic) bond motifs is 1. The molecule has 1 aromatic rings. The molecule has 0 heteroatoms. The van der Waals surface area contributed by atoms with Gasteiger partial charge in [-0.05, 0) is 45.9 Å². The van der Waals surface area contributed by atoms with Gasteiger partial charge in [0, 0.05) is 0 Å². The molecule has 0 radical (unpaired) electrons. The second-order valence-electron chi connectivity index (χ2n) is 7.79. The van der Waals surface area contributed by atoms with Crippen LogP contribution in [0.1, 0.15) is 64.7 Å². The molecule has 0 saturated heterocycles. The fourth-order valence-electron chi connectivity index (χ4n) is 2.60. The summed E-state index contributed by atoms with van der Waals surface area (Å²) in [6.07, 6.45) is 4.71. The standard InChI is InChI=1S/C18H26/c1-17(2,3)12-14-8-7-13-9-10-15(11-16(13)14)18(4,5)6/h8-11H,7,12H2,1-6H3. The van der Waals surface area contributed by atoms with E-state index >= 15 is 0 Å². The van der Waals surface area contributed by atoms with Crippen molar-refractivity contribution >= 4 is 5.57 Å². The zero-order valence-corrected chi connectivity index (χ0v) is 12.7. The molecule has 1 aliphatic carbocycles. The highest BCUT2D eigenvalue weighted by molar-refractivity contribution is 5.74. The van der Waals surface area contributed by atoms with Crippen LogP contribution in [-0.4, -0.2) is 0 Å². The van der Waals surface area contributed by atoms with Crippen molar-refractivity contribution in [3.05, 3.63) is 41.0 Å². The second-order valence-corrected chi connectivity index (χ2v) is 7.79. The molecule has 0 aromatic heterocycles. The SMILES string of the molecule is CC(C)(C)CC1=CCc2ccc(C(C)(C)C)cc21. The van der Waals surface area contributed by atoms with E-state index in [1.54, 1.807) is 5.57 Å². The lowest BCUT2D eigenvalue weighted by Gasteiger charge is -2.23. The molecular weight excluding hydrogens is 216 g/mol. The number of hydrogen-bond donors (Lipinski definition) is 0. The van der Waals surface area contributed by atoms with E-state index < -0.39 is 0 Å². The fourth-order valence-corrected chi connectivity index (χ4v) is 2.60. The quantitative estimate of drug-likeness (QED) is 0.622. The van der Waals surface area contributed by atoms with Crippen LogP contribution in [0, 0.1) is 5.41 Å². The van der Waals surface area contributed by atoms with Gasteiger partial charge in [0.25, 0.3) is 0 Å². The summed E-state index contributed by atoms with van der Waals surface area (Å²) in [4.78, 5) is 0. The minimum absolute atomic E-state index is 0.241. The molecule has 1 aromatic carbocycles. The summed E-state index contributed by atoms with van der Waals surface area (Å²) in [5.41, 5.74) is 6.60. The van der Waals surface area contributed by atoms with E-state index in [1.807, 2.05) is 0 Å². The molecule has 0 N–H and O–H groups in total. The maximum absolute atomic E-state index is 2.42. The molecule has 1 aliphatic rings. The van der Waals surface area contributed by atoms with E-state index in [2.05, 4.69) is 65.8 Å². The van der Waals surface area contributed by atoms with E-state index in [4.69, 9.17) is 0 Å². The molecule has 0 unspecified atom stereocenters. The zero-order chi connectivity index (χ0) is 13.6. The predicted molar refractivity (Wildman–Crippen MR) is 80.9 cm³/mol. The maximum Gasteiger partial charge on any atom is -0.00854 e. The summed E-state index contributed by atoms with van der Waals surface area (Å²) < 4.78 is 0. The van der Waals surface area contributed by atoms with Gasteiger partial charge < -0.3 is 0 Å². The Balaban J connectivity index is 2.35. The lowest BCUT2D eigenvalue weighted by atomic mass is 9.82. The van der Waals surface area contributed by atoms with Gasteiger partial charge in [0.2, 0.25) is 0 Å². The summed E-state index contributed by atoms with van der Waals surface area (Å²) in [6, 6.07) is 7.04. The minimum Gasteiger partial charge on any atom is -0.0763 e. The molecule has 0 fully saturated rings. The molecule has 0 aliphatic heterocycles. The Morgan fingerprint density at radius 3 is 2.22 bits per heavy atom. The monoisotopic (exact) mass is 242 g/mol. The third-order valence-electron chi connectivity index (χ3n) is 3.61. The zero-order valence-electron chi connectivity index (χ0n) is 12.7. The van der Waals surface area contributed by atoms with Gasteiger partial charge in [0.1, 0.15) is 0 Å². The van der Waals surface area contributed by atoms with E-state index in [0.29, 0.717) is 5.41 Å². The molecule has 18 heavy (non-hydrogen) atoms. The van der Waals surface area contributed by atoms with Crippen LogP contribution in [0.25, 0.3) is 5.57 Å². The Morgan fingerprint density at radius 2 is 1.67 bits per heavy atom. The minimum atomic E-state index is 0.241. The number of allylic oxidation sites excluding steroid dienone is 2. The molecule has 0 nitrogen and oxygen atoms in total. The topological polar surface area (TPSA) is 0 Å². The summed E-state index contributed by atoms with van der Waals surface area (Å²) >= 11 is 0. The first-order valence-corrected chi connectivity index (χ1v) is 7.00. The Labute approximate surface area is 112 Å². The first-order valence-electron chi connectivity index (χ1n) is 7.00. The van der Waals surface area contributed by atoms with E-state index in [1.165, 1.54) is 23.1 Å². The molecule has 0 heterocycles. The first kappa shape index (κ1) is 13.4. The molecule has 0 spiro atoms. The van der Waals surface area contributed by atoms with Crippen molar-refractivity contribution in [2.24, 2.45) is 5.41 Å². The van der Waals surface area contributed by atoms with Gasteiger partial charge in [0.15, 0.2) is 0 Å². The van der Waals surface area contributed by atoms with Crippen LogP contribution in [0.4, 0.5) is 0 Å². The van der Waals surface area contributed by atoms with Crippen LogP contribution < -0.4 is 0 Å². The molecule has 0 amide bonds. The Morgan fingerprint density at radius 1 is 1.00 bits per heavy atom. The van der Waals surface area contributed by atoms with E-state index in [9.17, 15) is 0 Å². The number of hydrogen-bond acceptors (Lipinski definition) is 0. The lowest BCUT2D eigenvalue weighted by molar-refractivity contribution is 0.427. The van der Waals surface area contributed by atoms with Crippen molar-refractivity contribution in [2.45, 2.75) is 59.8 Å². The van der Waals surface area contributed by atoms with Crippen LogP contribution in [0.15, 0.2) is 24.3 Å². The largest absolute Gasteiger partial charge is 0.0763 e. The average Bonchev–Trinajstić information content (AvgIpc) is 2.57. The summed E-state index contributed by atoms with van der Waals surface area (Å²) in [5, 5.41) is 0. The molecule has 98 valence electrons. The van der Waals surface area contributed by atoms with E-state index in [-0.39, 0.29) is 5.41 Å². The molecule has 0 atom stereocenters. The molecule has 2 rings (SSSR count). The normalized spacial score (nSPS) is 15.6. The van der Waals surface area contributed by atoms with Gasteiger partial charge in [-0.1, -0.05) is 65.8 Å². The van der Waals surface area contributed by atoms with Crippen molar-refractivity contribution in [3.8, 4) is 0 Å². The highest BCUT2D eigenvalue weighted by Crippen LogP contribution is 2.38. The van der Waals surface area contributed by atoms with Crippen LogP contribution in [-0.2, 0) is 11.8 Å². The van der Waals surface area contributed by atoms with E-state index in [0.717, 1.165) is 6.42 Å². The first-order chi connectivity index (χ1) is 8.17. The highest BCUT2D eigenvalue weighted by Gasteiger charge is 2.22. The van der Waals surface area contributed by atoms with Crippen molar-refractivity contribution < 1.29 is 0 Å². The molecule has 0 bridgehead atoms. The van der Waals surface area contributed by atoms with Gasteiger partial charge >= 0.3 is 0 Å². The van der Waals surface area contributed by atoms with Crippen molar-refractivity contribution in [2.75, 3.05) is 0 Å². The second kappa shape index (κ2) is 4.26. The van der Waals surface area contributed by atoms with Crippen LogP contribution >= 0.6 is 0 Å². The van der Waals surface area contributed by atoms with Crippen molar-refractivity contribution in [3.63, 3.8) is 0 Å². The van der Waals surface area contributed by atoms with Crippen LogP contribution in [0.2, 0.25) is 0 Å². The summed E-state index contributed by atoms with van der Waals surface area (Å²) in [6.45, 7) is 13.8. The fraction of sp³-hybridized carbons (Fsp3) is 0.556. The van der Waals surface area contributed by atoms with Crippen molar-refractivity contribution in [1.29, 1.82) is 0 Å². The molecular formula is C18H26. The average molecular weight is 242 g/mol.